The van der Waals surface area contributed by atoms with Gasteiger partial charge in [-0.15, -0.1) is 0 Å². The Kier molecular flexibility index (Phi) is 7.29. The van der Waals surface area contributed by atoms with Crippen LogP contribution in [0.25, 0.3) is 11.1 Å². The van der Waals surface area contributed by atoms with Crippen LogP contribution in [0.15, 0.2) is 66.7 Å². The maximum Gasteiger partial charge on any atom is 0.417 e. The summed E-state index contributed by atoms with van der Waals surface area (Å²) in [6, 6.07) is 17.8. The van der Waals surface area contributed by atoms with Gasteiger partial charge in [0.1, 0.15) is 5.69 Å². The number of hydrogen-bond acceptors (Lipinski definition) is 4. The Labute approximate surface area is 195 Å². The summed E-state index contributed by atoms with van der Waals surface area (Å²) < 4.78 is 47.2. The van der Waals surface area contributed by atoms with Crippen molar-refractivity contribution in [3.05, 3.63) is 89.2 Å². The number of hydrogen-bond donors (Lipinski definition) is 1. The summed E-state index contributed by atoms with van der Waals surface area (Å²) in [5.74, 6) is -1.06. The first-order chi connectivity index (χ1) is 16.3. The smallest absolute Gasteiger partial charge is 0.417 e. The van der Waals surface area contributed by atoms with E-state index in [9.17, 15) is 18.0 Å². The molecule has 178 valence electrons. The second kappa shape index (κ2) is 10.4. The van der Waals surface area contributed by atoms with Crippen LogP contribution in [-0.2, 0) is 24.1 Å². The van der Waals surface area contributed by atoms with Crippen molar-refractivity contribution in [2.75, 3.05) is 13.1 Å². The van der Waals surface area contributed by atoms with Gasteiger partial charge >= 0.3 is 12.1 Å². The molecule has 0 aliphatic carbocycles. The lowest BCUT2D eigenvalue weighted by molar-refractivity contribution is -0.137. The van der Waals surface area contributed by atoms with E-state index < -0.39 is 17.7 Å². The second-order valence-corrected chi connectivity index (χ2v) is 8.31. The molecule has 2 heterocycles. The highest BCUT2D eigenvalue weighted by atomic mass is 19.4. The van der Waals surface area contributed by atoms with Crippen LogP contribution in [0.2, 0.25) is 0 Å². The predicted molar refractivity (Wildman–Crippen MR) is 121 cm³/mol. The van der Waals surface area contributed by atoms with Gasteiger partial charge in [0, 0.05) is 19.6 Å². The lowest BCUT2D eigenvalue weighted by atomic mass is 9.94. The summed E-state index contributed by atoms with van der Waals surface area (Å²) in [5.41, 5.74) is 1.24. The Morgan fingerprint density at radius 3 is 2.38 bits per heavy atom. The Hall–Kier alpha value is -3.23. The number of carboxylic acid groups (broad SMARTS) is 1. The monoisotopic (exact) mass is 470 g/mol. The first-order valence-corrected chi connectivity index (χ1v) is 11.1. The molecule has 0 unspecified atom stereocenters. The van der Waals surface area contributed by atoms with Crippen molar-refractivity contribution in [1.29, 1.82) is 0 Å². The fourth-order valence-electron chi connectivity index (χ4n) is 4.26. The van der Waals surface area contributed by atoms with E-state index in [0.717, 1.165) is 32.0 Å². The van der Waals surface area contributed by atoms with Gasteiger partial charge in [-0.05, 0) is 47.7 Å². The van der Waals surface area contributed by atoms with Crippen molar-refractivity contribution in [2.45, 2.75) is 38.3 Å². The fourth-order valence-corrected chi connectivity index (χ4v) is 4.26. The third kappa shape index (κ3) is 5.81. The van der Waals surface area contributed by atoms with E-state index in [0.29, 0.717) is 23.4 Å². The molecule has 0 saturated carbocycles. The zero-order valence-electron chi connectivity index (χ0n) is 18.5. The van der Waals surface area contributed by atoms with Crippen molar-refractivity contribution in [3.63, 3.8) is 0 Å². The standard InChI is InChI=1S/C26H25F3N2O3/c27-26(28,29)22-10-4-8-19(24(22)18-6-2-1-3-7-18)17-34-21-12-14-31(15-13-21)16-20-9-5-11-23(30-20)25(32)33/h1-11,21H,12-17H2,(H,32,33). The third-order valence-corrected chi connectivity index (χ3v) is 5.94. The van der Waals surface area contributed by atoms with Crippen LogP contribution in [0.1, 0.15) is 40.2 Å². The normalized spacial score (nSPS) is 15.4. The van der Waals surface area contributed by atoms with E-state index in [1.165, 1.54) is 12.1 Å². The topological polar surface area (TPSA) is 62.7 Å². The zero-order chi connectivity index (χ0) is 24.1. The molecule has 2 aromatic carbocycles. The minimum Gasteiger partial charge on any atom is -0.477 e. The van der Waals surface area contributed by atoms with E-state index >= 15 is 0 Å². The summed E-state index contributed by atoms with van der Waals surface area (Å²) in [4.78, 5) is 17.5. The molecule has 1 aliphatic rings. The largest absolute Gasteiger partial charge is 0.477 e. The molecule has 0 atom stereocenters. The number of aromatic nitrogens is 1. The van der Waals surface area contributed by atoms with Crippen molar-refractivity contribution in [3.8, 4) is 11.1 Å². The van der Waals surface area contributed by atoms with E-state index in [2.05, 4.69) is 9.88 Å². The van der Waals surface area contributed by atoms with Gasteiger partial charge < -0.3 is 9.84 Å². The molecule has 5 nitrogen and oxygen atoms in total. The maximum absolute atomic E-state index is 13.7. The maximum atomic E-state index is 13.7. The summed E-state index contributed by atoms with van der Waals surface area (Å²) >= 11 is 0. The molecule has 0 bridgehead atoms. The van der Waals surface area contributed by atoms with E-state index in [1.54, 1.807) is 48.5 Å². The van der Waals surface area contributed by atoms with Crippen molar-refractivity contribution < 1.29 is 27.8 Å². The molecule has 0 radical (unpaired) electrons. The van der Waals surface area contributed by atoms with Gasteiger partial charge in [0.2, 0.25) is 0 Å². The molecular formula is C26H25F3N2O3. The van der Waals surface area contributed by atoms with Gasteiger partial charge in [-0.2, -0.15) is 13.2 Å². The predicted octanol–water partition coefficient (Wildman–Crippen LogP) is 5.65. The molecule has 1 aliphatic heterocycles. The molecule has 8 heteroatoms. The van der Waals surface area contributed by atoms with Crippen LogP contribution < -0.4 is 0 Å². The number of ether oxygens (including phenoxy) is 1. The fraction of sp³-hybridized carbons (Fsp3) is 0.308. The molecule has 0 spiro atoms. The molecule has 0 amide bonds. The average molecular weight is 470 g/mol. The van der Waals surface area contributed by atoms with Gasteiger partial charge in [-0.1, -0.05) is 48.5 Å². The number of nitrogens with zero attached hydrogens (tertiary/aromatic N) is 2. The number of rotatable bonds is 7. The number of pyridine rings is 1. The van der Waals surface area contributed by atoms with Crippen LogP contribution in [0.5, 0.6) is 0 Å². The highest BCUT2D eigenvalue weighted by Gasteiger charge is 2.34. The van der Waals surface area contributed by atoms with Crippen LogP contribution in [0.4, 0.5) is 13.2 Å². The number of aromatic carboxylic acids is 1. The average Bonchev–Trinajstić information content (AvgIpc) is 2.83. The van der Waals surface area contributed by atoms with Gasteiger partial charge in [0.15, 0.2) is 0 Å². The van der Waals surface area contributed by atoms with Crippen LogP contribution in [0.3, 0.4) is 0 Å². The number of alkyl halides is 3. The first-order valence-electron chi connectivity index (χ1n) is 11.1. The Morgan fingerprint density at radius 1 is 1.00 bits per heavy atom. The Balaban J connectivity index is 1.40. The highest BCUT2D eigenvalue weighted by molar-refractivity contribution is 5.85. The highest BCUT2D eigenvalue weighted by Crippen LogP contribution is 2.39. The number of halogens is 3. The molecule has 4 rings (SSSR count). The number of carbonyl (C=O) groups is 1. The molecule has 1 N–H and O–H groups in total. The van der Waals surface area contributed by atoms with Gasteiger partial charge in [-0.25, -0.2) is 9.78 Å². The summed E-state index contributed by atoms with van der Waals surface area (Å²) in [6.07, 6.45) is -3.05. The van der Waals surface area contributed by atoms with Gasteiger partial charge in [0.25, 0.3) is 0 Å². The Morgan fingerprint density at radius 2 is 1.71 bits per heavy atom. The molecule has 1 fully saturated rings. The number of carboxylic acids is 1. The number of benzene rings is 2. The quantitative estimate of drug-likeness (QED) is 0.484. The van der Waals surface area contributed by atoms with Gasteiger partial charge in [-0.3, -0.25) is 4.90 Å². The summed E-state index contributed by atoms with van der Waals surface area (Å²) in [5, 5.41) is 9.10. The van der Waals surface area contributed by atoms with Crippen LogP contribution in [0, 0.1) is 0 Å². The van der Waals surface area contributed by atoms with Crippen LogP contribution >= 0.6 is 0 Å². The zero-order valence-corrected chi connectivity index (χ0v) is 18.5. The SMILES string of the molecule is O=C(O)c1cccc(CN2CCC(OCc3cccc(C(F)(F)F)c3-c3ccccc3)CC2)n1. The second-order valence-electron chi connectivity index (χ2n) is 8.31. The minimum absolute atomic E-state index is 0.0195. The van der Waals surface area contributed by atoms with E-state index in [1.807, 2.05) is 0 Å². The lowest BCUT2D eigenvalue weighted by Crippen LogP contribution is -2.36. The van der Waals surface area contributed by atoms with E-state index in [-0.39, 0.29) is 24.0 Å². The molecule has 34 heavy (non-hydrogen) atoms. The van der Waals surface area contributed by atoms with Crippen molar-refractivity contribution in [1.82, 2.24) is 9.88 Å². The molecule has 3 aromatic rings. The number of piperidine rings is 1. The lowest BCUT2D eigenvalue weighted by Gasteiger charge is -2.32. The summed E-state index contributed by atoms with van der Waals surface area (Å²) in [6.45, 7) is 2.11. The van der Waals surface area contributed by atoms with Crippen molar-refractivity contribution >= 4 is 5.97 Å². The first kappa shape index (κ1) is 23.9. The van der Waals surface area contributed by atoms with Crippen LogP contribution in [-0.4, -0.2) is 40.2 Å². The summed E-state index contributed by atoms with van der Waals surface area (Å²) in [7, 11) is 0. The van der Waals surface area contributed by atoms with Gasteiger partial charge in [0.05, 0.1) is 24.0 Å². The van der Waals surface area contributed by atoms with Crippen molar-refractivity contribution in [2.24, 2.45) is 0 Å². The number of likely N-dealkylation sites (tertiary alicyclic amines) is 1. The minimum atomic E-state index is -4.46. The molecule has 1 saturated heterocycles. The third-order valence-electron chi connectivity index (χ3n) is 5.94. The molecular weight excluding hydrogens is 445 g/mol. The van der Waals surface area contributed by atoms with E-state index in [4.69, 9.17) is 9.84 Å². The Bertz CT molecular complexity index is 1130. The molecule has 1 aromatic heterocycles.